The van der Waals surface area contributed by atoms with Crippen molar-refractivity contribution in [2.75, 3.05) is 0 Å². The first-order valence-electron chi connectivity index (χ1n) is 14.9. The fourth-order valence-corrected chi connectivity index (χ4v) is 11.4. The Morgan fingerprint density at radius 3 is 1.08 bits per heavy atom. The SMILES string of the molecule is [2H]N1C=CC=[C]([Ir]([C]2=CC=CN([2H])C2([2H])c2ccccc2)[C]2=CC=CN([2H])C2([2H])c2ccccc2)C1([2H])c1ccccc1. The molecule has 3 aromatic carbocycles. The molecule has 4 heteroatoms. The second-order valence-corrected chi connectivity index (χ2v) is 13.9. The molecule has 3 nitrogen and oxygen atoms in total. The fourth-order valence-electron chi connectivity index (χ4n) is 4.24. The van der Waals surface area contributed by atoms with Crippen molar-refractivity contribution in [3.63, 3.8) is 0 Å². The minimum atomic E-state index is -3.53. The molecule has 6 rings (SSSR count). The van der Waals surface area contributed by atoms with Gasteiger partial charge in [0, 0.05) is 0 Å². The van der Waals surface area contributed by atoms with Gasteiger partial charge in [-0.2, -0.15) is 0 Å². The molecule has 0 aliphatic carbocycles. The van der Waals surface area contributed by atoms with E-state index >= 15 is 0 Å². The molecule has 3 aromatic rings. The van der Waals surface area contributed by atoms with E-state index in [4.69, 9.17) is 4.24 Å². The normalized spacial score (nSPS) is 31.6. The summed E-state index contributed by atoms with van der Waals surface area (Å²) in [7, 11) is 0. The first-order valence-corrected chi connectivity index (χ1v) is 15.6. The Morgan fingerprint density at radius 2 is 0.784 bits per heavy atom. The molecular weight excluding hydrogens is 631 g/mol. The molecule has 3 aliphatic heterocycles. The number of allylic oxidation sites excluding steroid dienone is 6. The third-order valence-electron chi connectivity index (χ3n) is 5.90. The molecule has 0 fully saturated rings. The number of hydrogen-bond donors (Lipinski definition) is 3. The van der Waals surface area contributed by atoms with Crippen LogP contribution in [0.25, 0.3) is 0 Å². The Kier molecular flexibility index (Phi) is 5.25. The third kappa shape index (κ3) is 4.91. The van der Waals surface area contributed by atoms with Gasteiger partial charge in [0.25, 0.3) is 0 Å². The summed E-state index contributed by atoms with van der Waals surface area (Å²) < 4.78 is 58.8. The van der Waals surface area contributed by atoms with Crippen LogP contribution in [0.15, 0.2) is 158 Å². The number of hydrogen-bond acceptors (Lipinski definition) is 3. The van der Waals surface area contributed by atoms with E-state index in [2.05, 4.69) is 0 Å². The summed E-state index contributed by atoms with van der Waals surface area (Å²) in [6.45, 7) is 0. The van der Waals surface area contributed by atoms with Gasteiger partial charge in [0.05, 0.1) is 0 Å². The van der Waals surface area contributed by atoms with Crippen molar-refractivity contribution in [1.82, 2.24) is 15.9 Å². The topological polar surface area (TPSA) is 36.1 Å². The molecule has 0 aromatic heterocycles. The van der Waals surface area contributed by atoms with Crippen LogP contribution < -0.4 is 15.9 Å². The number of nitrogens with one attached hydrogen (secondary N) is 3. The second-order valence-electron chi connectivity index (χ2n) is 8.28. The van der Waals surface area contributed by atoms with Crippen LogP contribution in [0.1, 0.15) is 38.9 Å². The molecule has 3 aliphatic rings. The Bertz CT molecular complexity index is 1480. The van der Waals surface area contributed by atoms with Gasteiger partial charge in [-0.25, -0.2) is 0 Å². The quantitative estimate of drug-likeness (QED) is 0.270. The zero-order valence-electron chi connectivity index (χ0n) is 26.0. The summed E-state index contributed by atoms with van der Waals surface area (Å²) >= 11 is -3.53. The van der Waals surface area contributed by atoms with Crippen molar-refractivity contribution in [3.8, 4) is 0 Å². The summed E-state index contributed by atoms with van der Waals surface area (Å²) in [6.07, 6.45) is 15.4. The molecule has 3 N–H and O–H groups in total. The van der Waals surface area contributed by atoms with Crippen LogP contribution >= 0.6 is 0 Å². The van der Waals surface area contributed by atoms with E-state index < -0.39 is 34.5 Å². The Morgan fingerprint density at radius 1 is 0.486 bits per heavy atom. The van der Waals surface area contributed by atoms with Gasteiger partial charge in [-0.15, -0.1) is 0 Å². The second kappa shape index (κ2) is 11.0. The molecule has 0 saturated heterocycles. The number of benzene rings is 3. The molecule has 3 atom stereocenters. The van der Waals surface area contributed by atoms with Gasteiger partial charge in [-0.1, -0.05) is 0 Å². The molecule has 3 unspecified atom stereocenters. The van der Waals surface area contributed by atoms with Crippen molar-refractivity contribution in [2.45, 2.75) is 18.1 Å². The van der Waals surface area contributed by atoms with Gasteiger partial charge in [0.15, 0.2) is 0 Å². The summed E-state index contributed by atoms with van der Waals surface area (Å²) in [5.74, 6) is 0. The van der Waals surface area contributed by atoms with E-state index in [9.17, 15) is 4.11 Å². The van der Waals surface area contributed by atoms with Crippen LogP contribution in [0.5, 0.6) is 0 Å². The molecule has 0 amide bonds. The third-order valence-corrected chi connectivity index (χ3v) is 12.7. The molecule has 3 heterocycles. The van der Waals surface area contributed by atoms with Crippen LogP contribution in [0.4, 0.5) is 0 Å². The Hall–Kier alpha value is -3.85. The van der Waals surface area contributed by atoms with Gasteiger partial charge < -0.3 is 0 Å². The molecule has 186 valence electrons. The van der Waals surface area contributed by atoms with Gasteiger partial charge in [0.2, 0.25) is 0 Å². The van der Waals surface area contributed by atoms with Gasteiger partial charge in [0.1, 0.15) is 0 Å². The Labute approximate surface area is 233 Å². The first kappa shape index (κ1) is 17.6. The fraction of sp³-hybridized carbons (Fsp3) is 0.0909. The van der Waals surface area contributed by atoms with Crippen molar-refractivity contribution in [2.24, 2.45) is 0 Å². The zero-order chi connectivity index (χ0) is 30.2. The molecule has 0 bridgehead atoms. The van der Waals surface area contributed by atoms with E-state index in [1.165, 1.54) is 0 Å². The van der Waals surface area contributed by atoms with E-state index in [1.807, 2.05) is 109 Å². The van der Waals surface area contributed by atoms with Gasteiger partial charge >= 0.3 is 234 Å². The summed E-state index contributed by atoms with van der Waals surface area (Å²) in [4.78, 5) is 0. The minimum absolute atomic E-state index is 0.584. The van der Waals surface area contributed by atoms with Crippen molar-refractivity contribution < 1.29 is 24.8 Å². The van der Waals surface area contributed by atoms with E-state index in [0.717, 1.165) is 15.9 Å². The predicted octanol–water partition coefficient (Wildman–Crippen LogP) is 6.83. The van der Waals surface area contributed by atoms with Gasteiger partial charge in [-0.05, 0) is 0 Å². The molecule has 0 spiro atoms. The maximum absolute atomic E-state index is 9.99. The van der Waals surface area contributed by atoms with Gasteiger partial charge in [-0.3, -0.25) is 0 Å². The molecule has 37 heavy (non-hydrogen) atoms. The summed E-state index contributed by atoms with van der Waals surface area (Å²) in [5, 5.41) is 3.38. The van der Waals surface area contributed by atoms with Crippen LogP contribution in [-0.4, -0.2) is 0 Å². The summed E-state index contributed by atoms with van der Waals surface area (Å²) in [6, 6.07) is 22.6. The van der Waals surface area contributed by atoms with Crippen molar-refractivity contribution >= 4 is 0 Å². The molecular formula is C33H30IrN3. The molecule has 0 saturated carbocycles. The Balaban J connectivity index is 1.67. The summed E-state index contributed by atoms with van der Waals surface area (Å²) in [5.41, 5.74) is 1.75. The molecule has 0 radical (unpaired) electrons. The maximum atomic E-state index is 9.99. The van der Waals surface area contributed by atoms with Crippen LogP contribution in [0.3, 0.4) is 0 Å². The zero-order valence-corrected chi connectivity index (χ0v) is 22.4. The predicted molar refractivity (Wildman–Crippen MR) is 149 cm³/mol. The van der Waals surface area contributed by atoms with Crippen molar-refractivity contribution in [1.29, 1.82) is 0 Å². The van der Waals surface area contributed by atoms with E-state index in [-0.39, 0.29) is 0 Å². The van der Waals surface area contributed by atoms with E-state index in [0.29, 0.717) is 29.0 Å². The van der Waals surface area contributed by atoms with Crippen molar-refractivity contribution in [3.05, 3.63) is 175 Å². The average molecular weight is 667 g/mol. The standard InChI is InChI=1S/3C11H10N.Ir/c3*1-2-6-10(7-3-1)11-8-4-5-9-12-11;/h3*1-7,9,11-12H;/i3*11D;/hD3. The van der Waals surface area contributed by atoms with E-state index in [1.54, 1.807) is 36.8 Å². The average Bonchev–Trinajstić information content (AvgIpc) is 3.04. The van der Waals surface area contributed by atoms with Crippen LogP contribution in [0.2, 0.25) is 4.24 Å². The number of dihydropyridines is 3. The van der Waals surface area contributed by atoms with Crippen LogP contribution in [-0.2, 0) is 16.5 Å². The van der Waals surface area contributed by atoms with Crippen LogP contribution in [0, 0.1) is 0 Å². The first-order chi connectivity index (χ1) is 20.7. The number of rotatable bonds is 6. The monoisotopic (exact) mass is 667 g/mol.